The van der Waals surface area contributed by atoms with E-state index >= 15 is 0 Å². The molecule has 0 aromatic heterocycles. The number of para-hydroxylation sites is 1. The standard InChI is InChI=1S/C24H32N4O2/c1-3-25-24(26-15-14-19-9-6-7-12-22(19)30-2)27-17-20-10-4-5-11-21(20)18-28-16-8-13-23(28)29/h4-7,9-12H,3,8,13-18H2,1-2H3,(H2,25,26,27). The Morgan fingerprint density at radius 1 is 1.07 bits per heavy atom. The third kappa shape index (κ3) is 5.99. The quantitative estimate of drug-likeness (QED) is 0.494. The van der Waals surface area contributed by atoms with Gasteiger partial charge in [-0.15, -0.1) is 0 Å². The molecule has 2 aromatic carbocycles. The maximum atomic E-state index is 12.0. The van der Waals surface area contributed by atoms with E-state index in [0.717, 1.165) is 49.7 Å². The van der Waals surface area contributed by atoms with Crippen LogP contribution in [-0.4, -0.2) is 43.5 Å². The molecule has 6 nitrogen and oxygen atoms in total. The van der Waals surface area contributed by atoms with E-state index in [9.17, 15) is 4.79 Å². The average Bonchev–Trinajstić information content (AvgIpc) is 3.17. The van der Waals surface area contributed by atoms with Crippen molar-refractivity contribution in [3.63, 3.8) is 0 Å². The molecule has 0 aliphatic carbocycles. The molecule has 0 saturated carbocycles. The highest BCUT2D eigenvalue weighted by Crippen LogP contribution is 2.18. The van der Waals surface area contributed by atoms with Gasteiger partial charge in [-0.05, 0) is 42.5 Å². The fourth-order valence-electron chi connectivity index (χ4n) is 3.67. The summed E-state index contributed by atoms with van der Waals surface area (Å²) in [5.74, 6) is 1.95. The van der Waals surface area contributed by atoms with Crippen molar-refractivity contribution in [3.8, 4) is 5.75 Å². The number of rotatable bonds is 9. The van der Waals surface area contributed by atoms with Crippen molar-refractivity contribution in [1.82, 2.24) is 15.5 Å². The van der Waals surface area contributed by atoms with E-state index in [1.54, 1.807) is 7.11 Å². The van der Waals surface area contributed by atoms with Crippen molar-refractivity contribution in [2.24, 2.45) is 4.99 Å². The minimum atomic E-state index is 0.250. The third-order valence-electron chi connectivity index (χ3n) is 5.28. The summed E-state index contributed by atoms with van der Waals surface area (Å²) in [6.07, 6.45) is 2.48. The minimum Gasteiger partial charge on any atom is -0.496 e. The number of nitrogens with zero attached hydrogens (tertiary/aromatic N) is 2. The van der Waals surface area contributed by atoms with Gasteiger partial charge in [-0.1, -0.05) is 42.5 Å². The van der Waals surface area contributed by atoms with Crippen molar-refractivity contribution in [2.75, 3.05) is 26.7 Å². The second-order valence-corrected chi connectivity index (χ2v) is 7.37. The molecule has 1 amide bonds. The Kier molecular flexibility index (Phi) is 8.12. The number of guanidine groups is 1. The topological polar surface area (TPSA) is 66.0 Å². The van der Waals surface area contributed by atoms with Crippen LogP contribution in [0.15, 0.2) is 53.5 Å². The van der Waals surface area contributed by atoms with Crippen LogP contribution in [0.4, 0.5) is 0 Å². The van der Waals surface area contributed by atoms with Crippen molar-refractivity contribution in [2.45, 2.75) is 39.3 Å². The number of hydrogen-bond donors (Lipinski definition) is 2. The Morgan fingerprint density at radius 2 is 1.80 bits per heavy atom. The fourth-order valence-corrected chi connectivity index (χ4v) is 3.67. The Hall–Kier alpha value is -3.02. The van der Waals surface area contributed by atoms with E-state index in [1.165, 1.54) is 11.1 Å². The number of methoxy groups -OCH3 is 1. The molecule has 160 valence electrons. The Balaban J connectivity index is 1.61. The third-order valence-corrected chi connectivity index (χ3v) is 5.28. The number of aliphatic imine (C=N–C) groups is 1. The molecule has 2 aromatic rings. The van der Waals surface area contributed by atoms with Gasteiger partial charge >= 0.3 is 0 Å². The van der Waals surface area contributed by atoms with Crippen LogP contribution in [0.1, 0.15) is 36.5 Å². The Morgan fingerprint density at radius 3 is 2.50 bits per heavy atom. The monoisotopic (exact) mass is 408 g/mol. The van der Waals surface area contributed by atoms with E-state index in [1.807, 2.05) is 35.2 Å². The number of benzene rings is 2. The minimum absolute atomic E-state index is 0.250. The van der Waals surface area contributed by atoms with E-state index in [-0.39, 0.29) is 5.91 Å². The lowest BCUT2D eigenvalue weighted by molar-refractivity contribution is -0.128. The van der Waals surface area contributed by atoms with Gasteiger partial charge in [0, 0.05) is 32.6 Å². The zero-order chi connectivity index (χ0) is 21.2. The summed E-state index contributed by atoms with van der Waals surface area (Å²) in [7, 11) is 1.70. The fraction of sp³-hybridized carbons (Fsp3) is 0.417. The Labute approximate surface area is 179 Å². The number of hydrogen-bond acceptors (Lipinski definition) is 3. The molecular formula is C24H32N4O2. The van der Waals surface area contributed by atoms with Gasteiger partial charge in [0.05, 0.1) is 13.7 Å². The van der Waals surface area contributed by atoms with Crippen LogP contribution in [0.25, 0.3) is 0 Å². The first-order chi connectivity index (χ1) is 14.7. The molecule has 0 radical (unpaired) electrons. The van der Waals surface area contributed by atoms with Crippen LogP contribution in [-0.2, 0) is 24.3 Å². The summed E-state index contributed by atoms with van der Waals surface area (Å²) in [5.41, 5.74) is 3.49. The first-order valence-electron chi connectivity index (χ1n) is 10.7. The normalized spacial score (nSPS) is 14.1. The molecule has 3 rings (SSSR count). The number of likely N-dealkylation sites (tertiary alicyclic amines) is 1. The molecule has 1 saturated heterocycles. The average molecular weight is 409 g/mol. The molecule has 0 unspecified atom stereocenters. The second-order valence-electron chi connectivity index (χ2n) is 7.37. The lowest BCUT2D eigenvalue weighted by atomic mass is 10.1. The van der Waals surface area contributed by atoms with Crippen molar-refractivity contribution in [3.05, 3.63) is 65.2 Å². The SMILES string of the molecule is CCNC(=NCc1ccccc1CN1CCCC1=O)NCCc1ccccc1OC. The van der Waals surface area contributed by atoms with Gasteiger partial charge in [-0.2, -0.15) is 0 Å². The van der Waals surface area contributed by atoms with Crippen molar-refractivity contribution in [1.29, 1.82) is 0 Å². The molecule has 0 atom stereocenters. The number of amides is 1. The highest BCUT2D eigenvalue weighted by molar-refractivity contribution is 5.80. The predicted molar refractivity (Wildman–Crippen MR) is 121 cm³/mol. The second kappa shape index (κ2) is 11.2. The molecule has 1 fully saturated rings. The molecule has 1 aliphatic rings. The lowest BCUT2D eigenvalue weighted by Crippen LogP contribution is -2.38. The van der Waals surface area contributed by atoms with Crippen molar-refractivity contribution < 1.29 is 9.53 Å². The van der Waals surface area contributed by atoms with E-state index in [2.05, 4.69) is 35.8 Å². The van der Waals surface area contributed by atoms with Gasteiger partial charge in [0.2, 0.25) is 5.91 Å². The van der Waals surface area contributed by atoms with Gasteiger partial charge in [-0.25, -0.2) is 4.99 Å². The zero-order valence-electron chi connectivity index (χ0n) is 18.0. The van der Waals surface area contributed by atoms with Crippen LogP contribution in [0.2, 0.25) is 0 Å². The van der Waals surface area contributed by atoms with Crippen LogP contribution in [0.5, 0.6) is 5.75 Å². The molecule has 2 N–H and O–H groups in total. The molecule has 1 aliphatic heterocycles. The first-order valence-corrected chi connectivity index (χ1v) is 10.7. The van der Waals surface area contributed by atoms with Gasteiger partial charge < -0.3 is 20.3 Å². The molecule has 0 spiro atoms. The number of carbonyl (C=O) groups excluding carboxylic acids is 1. The molecule has 0 bridgehead atoms. The zero-order valence-corrected chi connectivity index (χ0v) is 18.0. The van der Waals surface area contributed by atoms with E-state index in [0.29, 0.717) is 19.5 Å². The summed E-state index contributed by atoms with van der Waals surface area (Å²) in [6.45, 7) is 5.71. The van der Waals surface area contributed by atoms with E-state index in [4.69, 9.17) is 9.73 Å². The largest absolute Gasteiger partial charge is 0.496 e. The lowest BCUT2D eigenvalue weighted by Gasteiger charge is -2.18. The first kappa shape index (κ1) is 21.7. The van der Waals surface area contributed by atoms with Gasteiger partial charge in [0.15, 0.2) is 5.96 Å². The molecule has 6 heteroatoms. The van der Waals surface area contributed by atoms with Crippen LogP contribution in [0, 0.1) is 0 Å². The predicted octanol–water partition coefficient (Wildman–Crippen LogP) is 3.12. The maximum Gasteiger partial charge on any atom is 0.222 e. The molecular weight excluding hydrogens is 376 g/mol. The number of nitrogens with one attached hydrogen (secondary N) is 2. The summed E-state index contributed by atoms with van der Waals surface area (Å²) in [5, 5.41) is 6.72. The number of carbonyl (C=O) groups is 1. The van der Waals surface area contributed by atoms with Gasteiger partial charge in [0.25, 0.3) is 0 Å². The van der Waals surface area contributed by atoms with Gasteiger partial charge in [0.1, 0.15) is 5.75 Å². The summed E-state index contributed by atoms with van der Waals surface area (Å²) >= 11 is 0. The van der Waals surface area contributed by atoms with E-state index < -0.39 is 0 Å². The highest BCUT2D eigenvalue weighted by atomic mass is 16.5. The molecule has 30 heavy (non-hydrogen) atoms. The van der Waals surface area contributed by atoms with Gasteiger partial charge in [-0.3, -0.25) is 4.79 Å². The smallest absolute Gasteiger partial charge is 0.222 e. The Bertz CT molecular complexity index is 866. The van der Waals surface area contributed by atoms with Crippen LogP contribution >= 0.6 is 0 Å². The number of ether oxygens (including phenoxy) is 1. The maximum absolute atomic E-state index is 12.0. The summed E-state index contributed by atoms with van der Waals surface area (Å²) in [6, 6.07) is 16.3. The summed E-state index contributed by atoms with van der Waals surface area (Å²) in [4.78, 5) is 18.7. The van der Waals surface area contributed by atoms with Crippen LogP contribution < -0.4 is 15.4 Å². The van der Waals surface area contributed by atoms with Crippen molar-refractivity contribution >= 4 is 11.9 Å². The summed E-state index contributed by atoms with van der Waals surface area (Å²) < 4.78 is 5.43. The molecule has 1 heterocycles. The highest BCUT2D eigenvalue weighted by Gasteiger charge is 2.20. The van der Waals surface area contributed by atoms with Crippen LogP contribution in [0.3, 0.4) is 0 Å².